The highest BCUT2D eigenvalue weighted by atomic mass is 32.1. The van der Waals surface area contributed by atoms with Crippen LogP contribution >= 0.6 is 11.3 Å². The quantitative estimate of drug-likeness (QED) is 0.231. The van der Waals surface area contributed by atoms with Crippen LogP contribution in [0.15, 0.2) is 69.6 Å². The van der Waals surface area contributed by atoms with Gasteiger partial charge in [-0.3, -0.25) is 19.5 Å². The SMILES string of the molecule is CCCOc1ccc(C2C(C(=O)OCC(C)C)=C(C)N=c3sc(=Cc4cccc([N+](=O)[O-])c4)c(=O)n32)cc1. The Hall–Kier alpha value is -4.05. The van der Waals surface area contributed by atoms with Gasteiger partial charge in [-0.05, 0) is 48.6 Å². The number of hydrogen-bond donors (Lipinski definition) is 0. The van der Waals surface area contributed by atoms with E-state index in [4.69, 9.17) is 9.47 Å². The van der Waals surface area contributed by atoms with Gasteiger partial charge >= 0.3 is 5.97 Å². The van der Waals surface area contributed by atoms with E-state index in [1.54, 1.807) is 25.1 Å². The molecule has 3 aromatic rings. The highest BCUT2D eigenvalue weighted by Gasteiger charge is 2.33. The maximum Gasteiger partial charge on any atom is 0.338 e. The molecule has 0 fully saturated rings. The number of fused-ring (bicyclic) bond motifs is 1. The third kappa shape index (κ3) is 5.75. The number of hydrogen-bond acceptors (Lipinski definition) is 8. The maximum atomic E-state index is 13.7. The van der Waals surface area contributed by atoms with Gasteiger partial charge in [-0.2, -0.15) is 0 Å². The van der Waals surface area contributed by atoms with Crippen molar-refractivity contribution < 1.29 is 19.2 Å². The Bertz CT molecular complexity index is 1570. The molecule has 1 unspecified atom stereocenters. The number of aromatic nitrogens is 1. The van der Waals surface area contributed by atoms with Crippen LogP contribution < -0.4 is 19.6 Å². The standard InChI is InChI=1S/C28H29N3O6S/c1-5-13-36-22-11-9-20(10-12-22)25-24(27(33)37-16-17(2)3)18(4)29-28-30(25)26(32)23(38-28)15-19-7-6-8-21(14-19)31(34)35/h6-12,14-15,17,25H,5,13,16H2,1-4H3. The van der Waals surface area contributed by atoms with Crippen LogP contribution in [0.1, 0.15) is 51.3 Å². The average Bonchev–Trinajstić information content (AvgIpc) is 3.19. The number of nitro groups is 1. The van der Waals surface area contributed by atoms with Crippen molar-refractivity contribution in [2.75, 3.05) is 13.2 Å². The summed E-state index contributed by atoms with van der Waals surface area (Å²) in [6.07, 6.45) is 2.48. The second kappa shape index (κ2) is 11.6. The van der Waals surface area contributed by atoms with E-state index in [9.17, 15) is 19.7 Å². The fourth-order valence-corrected chi connectivity index (χ4v) is 5.11. The largest absolute Gasteiger partial charge is 0.494 e. The summed E-state index contributed by atoms with van der Waals surface area (Å²) in [5, 5.41) is 11.2. The van der Waals surface area contributed by atoms with E-state index < -0.39 is 16.9 Å². The monoisotopic (exact) mass is 535 g/mol. The molecule has 2 aromatic carbocycles. The molecule has 0 aliphatic carbocycles. The van der Waals surface area contributed by atoms with E-state index in [1.807, 2.05) is 45.0 Å². The minimum absolute atomic E-state index is 0.0687. The predicted octanol–water partition coefficient (Wildman–Crippen LogP) is 4.13. The Morgan fingerprint density at radius 1 is 1.24 bits per heavy atom. The van der Waals surface area contributed by atoms with Crippen molar-refractivity contribution in [3.05, 3.63) is 101 Å². The Labute approximate surface area is 223 Å². The lowest BCUT2D eigenvalue weighted by molar-refractivity contribution is -0.384. The summed E-state index contributed by atoms with van der Waals surface area (Å²) in [6, 6.07) is 12.6. The lowest BCUT2D eigenvalue weighted by Gasteiger charge is -2.25. The van der Waals surface area contributed by atoms with Gasteiger partial charge in [0.15, 0.2) is 4.80 Å². The molecule has 4 rings (SSSR count). The summed E-state index contributed by atoms with van der Waals surface area (Å²) in [7, 11) is 0. The number of ether oxygens (including phenoxy) is 2. The number of rotatable bonds is 9. The van der Waals surface area contributed by atoms with Crippen LogP contribution in [0.3, 0.4) is 0 Å². The van der Waals surface area contributed by atoms with Crippen LogP contribution in [0, 0.1) is 16.0 Å². The Morgan fingerprint density at radius 2 is 1.97 bits per heavy atom. The highest BCUT2D eigenvalue weighted by molar-refractivity contribution is 7.07. The normalized spacial score (nSPS) is 15.3. The van der Waals surface area contributed by atoms with Crippen molar-refractivity contribution in [3.63, 3.8) is 0 Å². The van der Waals surface area contributed by atoms with Gasteiger partial charge in [-0.25, -0.2) is 9.79 Å². The van der Waals surface area contributed by atoms with Gasteiger partial charge in [0, 0.05) is 12.1 Å². The molecule has 198 valence electrons. The first-order valence-electron chi connectivity index (χ1n) is 12.4. The predicted molar refractivity (Wildman–Crippen MR) is 145 cm³/mol. The number of nitrogens with zero attached hydrogens (tertiary/aromatic N) is 3. The van der Waals surface area contributed by atoms with Gasteiger partial charge < -0.3 is 9.47 Å². The average molecular weight is 536 g/mol. The lowest BCUT2D eigenvalue weighted by Crippen LogP contribution is -2.40. The molecule has 0 saturated carbocycles. The van der Waals surface area contributed by atoms with Crippen LogP contribution in [0.25, 0.3) is 6.08 Å². The molecule has 1 aromatic heterocycles. The summed E-state index contributed by atoms with van der Waals surface area (Å²) in [4.78, 5) is 42.7. The molecule has 2 heterocycles. The molecule has 9 nitrogen and oxygen atoms in total. The van der Waals surface area contributed by atoms with Crippen LogP contribution in [-0.4, -0.2) is 28.7 Å². The van der Waals surface area contributed by atoms with E-state index in [2.05, 4.69) is 4.99 Å². The van der Waals surface area contributed by atoms with Crippen LogP contribution in [-0.2, 0) is 9.53 Å². The number of allylic oxidation sites excluding steroid dienone is 1. The minimum atomic E-state index is -0.751. The summed E-state index contributed by atoms with van der Waals surface area (Å²) >= 11 is 1.17. The number of esters is 1. The molecule has 38 heavy (non-hydrogen) atoms. The fraction of sp³-hybridized carbons (Fsp3) is 0.321. The first-order chi connectivity index (χ1) is 18.2. The molecule has 1 aliphatic heterocycles. The number of carbonyl (C=O) groups excluding carboxylic acids is 1. The van der Waals surface area contributed by atoms with Crippen LogP contribution in [0.2, 0.25) is 0 Å². The van der Waals surface area contributed by atoms with Crippen LogP contribution in [0.5, 0.6) is 5.75 Å². The van der Waals surface area contributed by atoms with Gasteiger partial charge in [0.05, 0.1) is 40.0 Å². The molecule has 10 heteroatoms. The van der Waals surface area contributed by atoms with Crippen molar-refractivity contribution >= 4 is 29.1 Å². The van der Waals surface area contributed by atoms with E-state index in [-0.39, 0.29) is 23.8 Å². The second-order valence-corrected chi connectivity index (χ2v) is 10.4. The third-order valence-corrected chi connectivity index (χ3v) is 6.82. The lowest BCUT2D eigenvalue weighted by atomic mass is 9.96. The van der Waals surface area contributed by atoms with Crippen LogP contribution in [0.4, 0.5) is 5.69 Å². The van der Waals surface area contributed by atoms with E-state index in [0.717, 1.165) is 6.42 Å². The molecule has 0 spiro atoms. The highest BCUT2D eigenvalue weighted by Crippen LogP contribution is 2.31. The Morgan fingerprint density at radius 3 is 2.63 bits per heavy atom. The summed E-state index contributed by atoms with van der Waals surface area (Å²) in [6.45, 7) is 8.47. The van der Waals surface area contributed by atoms with Crippen molar-refractivity contribution in [2.24, 2.45) is 10.9 Å². The van der Waals surface area contributed by atoms with Gasteiger partial charge in [-0.15, -0.1) is 0 Å². The fourth-order valence-electron chi connectivity index (χ4n) is 4.06. The molecular formula is C28H29N3O6S. The Balaban J connectivity index is 1.85. The molecule has 0 amide bonds. The zero-order chi connectivity index (χ0) is 27.4. The molecule has 1 aliphatic rings. The zero-order valence-corrected chi connectivity index (χ0v) is 22.5. The van der Waals surface area contributed by atoms with Crippen molar-refractivity contribution in [1.82, 2.24) is 4.57 Å². The second-order valence-electron chi connectivity index (χ2n) is 9.34. The van der Waals surface area contributed by atoms with E-state index in [1.165, 1.54) is 28.0 Å². The molecular weight excluding hydrogens is 506 g/mol. The number of nitro benzene ring substituents is 1. The number of carbonyl (C=O) groups is 1. The first kappa shape index (κ1) is 27.0. The van der Waals surface area contributed by atoms with E-state index in [0.29, 0.717) is 44.1 Å². The van der Waals surface area contributed by atoms with Crippen molar-refractivity contribution in [3.8, 4) is 5.75 Å². The number of non-ortho nitro benzene ring substituents is 1. The van der Waals surface area contributed by atoms with Crippen molar-refractivity contribution in [2.45, 2.75) is 40.2 Å². The van der Waals surface area contributed by atoms with Gasteiger partial charge in [0.25, 0.3) is 11.2 Å². The molecule has 0 N–H and O–H groups in total. The number of benzene rings is 2. The molecule has 0 bridgehead atoms. The smallest absolute Gasteiger partial charge is 0.338 e. The maximum absolute atomic E-state index is 13.7. The minimum Gasteiger partial charge on any atom is -0.494 e. The topological polar surface area (TPSA) is 113 Å². The first-order valence-corrected chi connectivity index (χ1v) is 13.2. The Kier molecular flexibility index (Phi) is 8.21. The van der Waals surface area contributed by atoms with E-state index >= 15 is 0 Å². The molecule has 0 radical (unpaired) electrons. The van der Waals surface area contributed by atoms with Gasteiger partial charge in [0.1, 0.15) is 5.75 Å². The third-order valence-electron chi connectivity index (χ3n) is 5.84. The molecule has 1 atom stereocenters. The summed E-state index contributed by atoms with van der Waals surface area (Å²) in [5.41, 5.74) is 1.58. The summed E-state index contributed by atoms with van der Waals surface area (Å²) < 4.78 is 13.1. The zero-order valence-electron chi connectivity index (χ0n) is 21.7. The summed E-state index contributed by atoms with van der Waals surface area (Å²) in [5.74, 6) is 0.312. The molecule has 0 saturated heterocycles. The van der Waals surface area contributed by atoms with Crippen molar-refractivity contribution in [1.29, 1.82) is 0 Å². The van der Waals surface area contributed by atoms with Gasteiger partial charge in [-0.1, -0.05) is 56.4 Å². The number of thiazole rings is 1. The van der Waals surface area contributed by atoms with Gasteiger partial charge in [0.2, 0.25) is 0 Å².